The average molecular weight is 541 g/mol. The second-order valence-corrected chi connectivity index (χ2v) is 9.45. The average Bonchev–Trinajstić information content (AvgIpc) is 2.95. The van der Waals surface area contributed by atoms with Crippen LogP contribution in [0.3, 0.4) is 0 Å². The fourth-order valence-electron chi connectivity index (χ4n) is 3.51. The van der Waals surface area contributed by atoms with Crippen LogP contribution < -0.4 is 9.47 Å². The number of esters is 2. The smallest absolute Gasteiger partial charge is 0.417 e. The molecular formula is C34H36O6. The van der Waals surface area contributed by atoms with Gasteiger partial charge in [-0.1, -0.05) is 83.9 Å². The summed E-state index contributed by atoms with van der Waals surface area (Å²) in [6, 6.07) is 31.1. The minimum Gasteiger partial charge on any atom is -0.490 e. The van der Waals surface area contributed by atoms with Crippen molar-refractivity contribution in [1.82, 2.24) is 0 Å². The molecule has 0 bridgehead atoms. The largest absolute Gasteiger partial charge is 0.490 e. The zero-order valence-electron chi connectivity index (χ0n) is 23.5. The van der Waals surface area contributed by atoms with Crippen LogP contribution in [-0.4, -0.2) is 25.2 Å². The molecule has 0 spiro atoms. The van der Waals surface area contributed by atoms with Crippen molar-refractivity contribution in [2.24, 2.45) is 0 Å². The van der Waals surface area contributed by atoms with Crippen LogP contribution in [0, 0.1) is 27.7 Å². The normalized spacial score (nSPS) is 10.1. The van der Waals surface area contributed by atoms with Crippen molar-refractivity contribution in [3.63, 3.8) is 0 Å². The molecule has 0 unspecified atom stereocenters. The van der Waals surface area contributed by atoms with Crippen LogP contribution in [0.2, 0.25) is 0 Å². The van der Waals surface area contributed by atoms with E-state index < -0.39 is 11.9 Å². The zero-order valence-corrected chi connectivity index (χ0v) is 23.5. The van der Waals surface area contributed by atoms with Crippen LogP contribution in [0.5, 0.6) is 11.5 Å². The van der Waals surface area contributed by atoms with Crippen molar-refractivity contribution in [3.05, 3.63) is 130 Å². The monoisotopic (exact) mass is 540 g/mol. The zero-order chi connectivity index (χ0) is 28.7. The van der Waals surface area contributed by atoms with Crippen LogP contribution in [0.4, 0.5) is 0 Å². The van der Waals surface area contributed by atoms with E-state index in [1.165, 1.54) is 11.1 Å². The molecule has 0 saturated carbocycles. The van der Waals surface area contributed by atoms with Gasteiger partial charge < -0.3 is 18.9 Å². The number of ether oxygens (including phenoxy) is 4. The summed E-state index contributed by atoms with van der Waals surface area (Å²) in [6.45, 7) is 9.26. The molecule has 0 aromatic heterocycles. The van der Waals surface area contributed by atoms with Gasteiger partial charge >= 0.3 is 11.9 Å². The van der Waals surface area contributed by atoms with E-state index in [0.29, 0.717) is 13.2 Å². The maximum absolute atomic E-state index is 11.6. The van der Waals surface area contributed by atoms with Gasteiger partial charge in [-0.2, -0.15) is 0 Å². The lowest BCUT2D eigenvalue weighted by Crippen LogP contribution is -2.20. The Hall–Kier alpha value is -4.58. The minimum absolute atomic E-state index is 0.0543. The Labute approximate surface area is 236 Å². The predicted octanol–water partition coefficient (Wildman–Crippen LogP) is 6.85. The number of aryl methyl sites for hydroxylation is 4. The van der Waals surface area contributed by atoms with Crippen LogP contribution >= 0.6 is 0 Å². The lowest BCUT2D eigenvalue weighted by Gasteiger charge is -2.09. The highest BCUT2D eigenvalue weighted by atomic mass is 16.6. The molecule has 6 heteroatoms. The first-order chi connectivity index (χ1) is 19.3. The Morgan fingerprint density at radius 2 is 0.875 bits per heavy atom. The third kappa shape index (κ3) is 11.0. The van der Waals surface area contributed by atoms with Gasteiger partial charge in [-0.05, 0) is 74.2 Å². The van der Waals surface area contributed by atoms with E-state index in [0.717, 1.165) is 33.8 Å². The van der Waals surface area contributed by atoms with Gasteiger partial charge in [0.05, 0.1) is 0 Å². The molecule has 0 saturated heterocycles. The van der Waals surface area contributed by atoms with Gasteiger partial charge in [0.2, 0.25) is 0 Å². The van der Waals surface area contributed by atoms with Crippen LogP contribution in [0.25, 0.3) is 0 Å². The number of carbonyl (C=O) groups is 2. The van der Waals surface area contributed by atoms with E-state index in [-0.39, 0.29) is 13.2 Å². The molecule has 4 rings (SSSR count). The standard InChI is InChI=1S/C18H18O4.C16H18O2/c1-13-3-7-15(8-4-13)11-21-17(19)18(20)22-12-16-9-5-14(2)6-10-16;1-13-5-3-7-15(11-13)17-9-10-18-16-8-4-6-14(2)12-16/h3-10H,11-12H2,1-2H3;3-8,11-12H,9-10H2,1-2H3. The number of benzene rings is 4. The molecule has 0 heterocycles. The van der Waals surface area contributed by atoms with Gasteiger partial charge in [-0.15, -0.1) is 0 Å². The molecule has 0 atom stereocenters. The number of carbonyl (C=O) groups excluding carboxylic acids is 2. The van der Waals surface area contributed by atoms with E-state index in [9.17, 15) is 9.59 Å². The molecule has 4 aromatic carbocycles. The van der Waals surface area contributed by atoms with Crippen LogP contribution in [0.1, 0.15) is 33.4 Å². The van der Waals surface area contributed by atoms with Gasteiger partial charge in [0.15, 0.2) is 0 Å². The topological polar surface area (TPSA) is 71.1 Å². The minimum atomic E-state index is -0.979. The van der Waals surface area contributed by atoms with Gasteiger partial charge in [-0.25, -0.2) is 9.59 Å². The van der Waals surface area contributed by atoms with E-state index in [4.69, 9.17) is 18.9 Å². The third-order valence-electron chi connectivity index (χ3n) is 5.75. The Morgan fingerprint density at radius 1 is 0.500 bits per heavy atom. The summed E-state index contributed by atoms with van der Waals surface area (Å²) in [4.78, 5) is 23.1. The predicted molar refractivity (Wildman–Crippen MR) is 155 cm³/mol. The summed E-state index contributed by atoms with van der Waals surface area (Å²) in [6.07, 6.45) is 0. The van der Waals surface area contributed by atoms with Crippen molar-refractivity contribution in [2.45, 2.75) is 40.9 Å². The van der Waals surface area contributed by atoms with E-state index in [1.54, 1.807) is 0 Å². The maximum atomic E-state index is 11.6. The van der Waals surface area contributed by atoms with E-state index in [1.807, 2.05) is 98.8 Å². The SMILES string of the molecule is Cc1ccc(COC(=O)C(=O)OCc2ccc(C)cc2)cc1.Cc1cccc(OCCOc2cccc(C)c2)c1. The van der Waals surface area contributed by atoms with Crippen molar-refractivity contribution in [3.8, 4) is 11.5 Å². The Balaban J connectivity index is 0.000000225. The number of hydrogen-bond donors (Lipinski definition) is 0. The van der Waals surface area contributed by atoms with E-state index in [2.05, 4.69) is 26.0 Å². The van der Waals surface area contributed by atoms with Crippen molar-refractivity contribution < 1.29 is 28.5 Å². The highest BCUT2D eigenvalue weighted by Gasteiger charge is 2.17. The molecule has 0 aliphatic heterocycles. The first-order valence-corrected chi connectivity index (χ1v) is 13.1. The van der Waals surface area contributed by atoms with Gasteiger partial charge in [0.25, 0.3) is 0 Å². The fraction of sp³-hybridized carbons (Fsp3) is 0.235. The van der Waals surface area contributed by atoms with Gasteiger partial charge in [0.1, 0.15) is 37.9 Å². The molecule has 0 aliphatic carbocycles. The first kappa shape index (κ1) is 30.0. The summed E-state index contributed by atoms with van der Waals surface area (Å²) in [5.74, 6) is -0.175. The molecule has 208 valence electrons. The van der Waals surface area contributed by atoms with Crippen molar-refractivity contribution in [1.29, 1.82) is 0 Å². The van der Waals surface area contributed by atoms with Crippen molar-refractivity contribution >= 4 is 11.9 Å². The molecule has 0 aliphatic rings. The van der Waals surface area contributed by atoms with Crippen molar-refractivity contribution in [2.75, 3.05) is 13.2 Å². The first-order valence-electron chi connectivity index (χ1n) is 13.1. The third-order valence-corrected chi connectivity index (χ3v) is 5.75. The second-order valence-electron chi connectivity index (χ2n) is 9.45. The fourth-order valence-corrected chi connectivity index (χ4v) is 3.51. The van der Waals surface area contributed by atoms with Gasteiger partial charge in [0, 0.05) is 0 Å². The highest BCUT2D eigenvalue weighted by Crippen LogP contribution is 2.14. The second kappa shape index (κ2) is 15.7. The molecule has 40 heavy (non-hydrogen) atoms. The quantitative estimate of drug-likeness (QED) is 0.131. The molecular weight excluding hydrogens is 504 g/mol. The summed E-state index contributed by atoms with van der Waals surface area (Å²) in [5.41, 5.74) is 6.29. The summed E-state index contributed by atoms with van der Waals surface area (Å²) in [7, 11) is 0. The lowest BCUT2D eigenvalue weighted by molar-refractivity contribution is -0.169. The molecule has 0 fully saturated rings. The Bertz CT molecular complexity index is 1250. The molecule has 0 N–H and O–H groups in total. The Morgan fingerprint density at radius 3 is 1.23 bits per heavy atom. The van der Waals surface area contributed by atoms with Gasteiger partial charge in [-0.3, -0.25) is 0 Å². The van der Waals surface area contributed by atoms with Crippen LogP contribution in [-0.2, 0) is 32.3 Å². The number of rotatable bonds is 9. The number of hydrogen-bond acceptors (Lipinski definition) is 6. The summed E-state index contributed by atoms with van der Waals surface area (Å²) < 4.78 is 21.1. The summed E-state index contributed by atoms with van der Waals surface area (Å²) >= 11 is 0. The highest BCUT2D eigenvalue weighted by molar-refractivity contribution is 6.29. The van der Waals surface area contributed by atoms with Crippen LogP contribution in [0.15, 0.2) is 97.1 Å². The molecule has 6 nitrogen and oxygen atoms in total. The molecule has 0 amide bonds. The molecule has 4 aromatic rings. The molecule has 0 radical (unpaired) electrons. The van der Waals surface area contributed by atoms with E-state index >= 15 is 0 Å². The lowest BCUT2D eigenvalue weighted by atomic mass is 10.2. The maximum Gasteiger partial charge on any atom is 0.417 e. The Kier molecular flexibility index (Phi) is 11.8. The summed E-state index contributed by atoms with van der Waals surface area (Å²) in [5, 5.41) is 0.